The Bertz CT molecular complexity index is 521. The highest BCUT2D eigenvalue weighted by Crippen LogP contribution is 2.12. The van der Waals surface area contributed by atoms with Crippen LogP contribution in [0.15, 0.2) is 24.9 Å². The van der Waals surface area contributed by atoms with Crippen LogP contribution < -0.4 is 0 Å². The lowest BCUT2D eigenvalue weighted by Gasteiger charge is -1.93. The molecule has 62 valence electrons. The van der Waals surface area contributed by atoms with Crippen molar-refractivity contribution in [2.75, 3.05) is 0 Å². The van der Waals surface area contributed by atoms with E-state index in [1.807, 2.05) is 6.07 Å². The van der Waals surface area contributed by atoms with E-state index < -0.39 is 0 Å². The highest BCUT2D eigenvalue weighted by atomic mass is 15.0. The zero-order valence-electron chi connectivity index (χ0n) is 6.60. The second-order valence-electron chi connectivity index (χ2n) is 2.70. The van der Waals surface area contributed by atoms with Crippen molar-refractivity contribution in [1.29, 1.82) is 0 Å². The van der Waals surface area contributed by atoms with Gasteiger partial charge in [0.05, 0.1) is 11.8 Å². The molecule has 3 rings (SSSR count). The summed E-state index contributed by atoms with van der Waals surface area (Å²) in [6, 6.07) is 1.94. The minimum Gasteiger partial charge on any atom is -0.343 e. The average molecular weight is 171 g/mol. The maximum Gasteiger partial charge on any atom is 0.179 e. The zero-order valence-corrected chi connectivity index (χ0v) is 6.60. The van der Waals surface area contributed by atoms with Crippen LogP contribution in [0.1, 0.15) is 0 Å². The van der Waals surface area contributed by atoms with Gasteiger partial charge in [-0.2, -0.15) is 0 Å². The summed E-state index contributed by atoms with van der Waals surface area (Å²) in [5, 5.41) is 0.916. The van der Waals surface area contributed by atoms with Gasteiger partial charge in [-0.05, 0) is 6.07 Å². The minimum absolute atomic E-state index is 0.676. The smallest absolute Gasteiger partial charge is 0.179 e. The lowest BCUT2D eigenvalue weighted by Crippen LogP contribution is -1.85. The van der Waals surface area contributed by atoms with E-state index >= 15 is 0 Å². The molecule has 3 aromatic rings. The molecule has 0 saturated carbocycles. The van der Waals surface area contributed by atoms with Crippen LogP contribution in [0, 0.1) is 0 Å². The first-order valence-corrected chi connectivity index (χ1v) is 3.83. The van der Waals surface area contributed by atoms with Gasteiger partial charge < -0.3 is 4.98 Å². The number of aromatic amines is 1. The Kier molecular flexibility index (Phi) is 1.11. The van der Waals surface area contributed by atoms with Crippen molar-refractivity contribution in [3.05, 3.63) is 24.9 Å². The Morgan fingerprint density at radius 3 is 3.15 bits per heavy atom. The van der Waals surface area contributed by atoms with Crippen LogP contribution in [0.5, 0.6) is 0 Å². The molecule has 0 aliphatic heterocycles. The van der Waals surface area contributed by atoms with Crippen molar-refractivity contribution in [3.63, 3.8) is 0 Å². The van der Waals surface area contributed by atoms with E-state index in [1.54, 1.807) is 12.5 Å². The number of hydrogen-bond donors (Lipinski definition) is 1. The number of hydrogen-bond acceptors (Lipinski definition) is 4. The highest BCUT2D eigenvalue weighted by Gasteiger charge is 2.00. The second-order valence-corrected chi connectivity index (χ2v) is 2.70. The normalized spacial score (nSPS) is 11.1. The Morgan fingerprint density at radius 2 is 2.15 bits per heavy atom. The SMILES string of the molecule is c1ncc2cc3[nH]cnc3nc2n1. The van der Waals surface area contributed by atoms with Gasteiger partial charge in [0.15, 0.2) is 11.3 Å². The molecule has 0 radical (unpaired) electrons. The summed E-state index contributed by atoms with van der Waals surface area (Å²) in [4.78, 5) is 19.2. The number of fused-ring (bicyclic) bond motifs is 2. The third kappa shape index (κ3) is 0.868. The van der Waals surface area contributed by atoms with Crippen molar-refractivity contribution in [1.82, 2.24) is 24.9 Å². The molecule has 0 atom stereocenters. The van der Waals surface area contributed by atoms with Gasteiger partial charge in [0.25, 0.3) is 0 Å². The number of rotatable bonds is 0. The van der Waals surface area contributed by atoms with Crippen molar-refractivity contribution in [3.8, 4) is 0 Å². The van der Waals surface area contributed by atoms with E-state index in [-0.39, 0.29) is 0 Å². The van der Waals surface area contributed by atoms with Crippen LogP contribution in [-0.2, 0) is 0 Å². The Balaban J connectivity index is 2.57. The quantitative estimate of drug-likeness (QED) is 0.545. The van der Waals surface area contributed by atoms with E-state index in [4.69, 9.17) is 0 Å². The van der Waals surface area contributed by atoms with Gasteiger partial charge in [-0.3, -0.25) is 0 Å². The molecule has 0 fully saturated rings. The topological polar surface area (TPSA) is 67.3 Å². The van der Waals surface area contributed by atoms with Crippen LogP contribution in [0.3, 0.4) is 0 Å². The lowest BCUT2D eigenvalue weighted by atomic mass is 10.3. The van der Waals surface area contributed by atoms with Gasteiger partial charge in [0.1, 0.15) is 6.33 Å². The van der Waals surface area contributed by atoms with E-state index in [0.29, 0.717) is 11.3 Å². The van der Waals surface area contributed by atoms with Crippen LogP contribution >= 0.6 is 0 Å². The monoisotopic (exact) mass is 171 g/mol. The third-order valence-electron chi connectivity index (χ3n) is 1.88. The molecule has 13 heavy (non-hydrogen) atoms. The Hall–Kier alpha value is -2.04. The fourth-order valence-electron chi connectivity index (χ4n) is 1.28. The van der Waals surface area contributed by atoms with Crippen LogP contribution in [0.2, 0.25) is 0 Å². The van der Waals surface area contributed by atoms with Crippen LogP contribution in [0.25, 0.3) is 22.2 Å². The number of aromatic nitrogens is 5. The second kappa shape index (κ2) is 2.22. The van der Waals surface area contributed by atoms with Crippen molar-refractivity contribution < 1.29 is 0 Å². The van der Waals surface area contributed by atoms with Crippen LogP contribution in [0.4, 0.5) is 0 Å². The van der Waals surface area contributed by atoms with Gasteiger partial charge in [-0.1, -0.05) is 0 Å². The Labute approximate surface area is 72.9 Å². The van der Waals surface area contributed by atoms with Crippen molar-refractivity contribution >= 4 is 22.2 Å². The standard InChI is InChI=1S/C8H5N5/c1-5-2-9-3-11-7(5)13-8-6(1)10-4-12-8/h1-4H,(H,9,10,11,12,13). The molecule has 0 spiro atoms. The first-order valence-electron chi connectivity index (χ1n) is 3.83. The summed E-state index contributed by atoms with van der Waals surface area (Å²) in [6.45, 7) is 0. The molecule has 3 aromatic heterocycles. The molecule has 0 aliphatic carbocycles. The van der Waals surface area contributed by atoms with E-state index in [2.05, 4.69) is 24.9 Å². The largest absolute Gasteiger partial charge is 0.343 e. The number of nitrogens with one attached hydrogen (secondary N) is 1. The summed E-state index contributed by atoms with van der Waals surface area (Å²) >= 11 is 0. The van der Waals surface area contributed by atoms with E-state index in [9.17, 15) is 0 Å². The van der Waals surface area contributed by atoms with Crippen LogP contribution in [-0.4, -0.2) is 24.9 Å². The summed E-state index contributed by atoms with van der Waals surface area (Å²) < 4.78 is 0. The molecule has 1 N–H and O–H groups in total. The predicted octanol–water partition coefficient (Wildman–Crippen LogP) is 0.901. The molecule has 0 unspecified atom stereocenters. The third-order valence-corrected chi connectivity index (χ3v) is 1.88. The average Bonchev–Trinajstić information content (AvgIpc) is 2.61. The predicted molar refractivity (Wildman–Crippen MR) is 47.0 cm³/mol. The van der Waals surface area contributed by atoms with Crippen molar-refractivity contribution in [2.24, 2.45) is 0 Å². The minimum atomic E-state index is 0.676. The number of nitrogens with zero attached hydrogens (tertiary/aromatic N) is 4. The lowest BCUT2D eigenvalue weighted by molar-refractivity contribution is 1.19. The molecule has 0 aliphatic rings. The summed E-state index contributed by atoms with van der Waals surface area (Å²) in [5.41, 5.74) is 2.27. The van der Waals surface area contributed by atoms with Gasteiger partial charge in [-0.15, -0.1) is 0 Å². The molecule has 5 heteroatoms. The van der Waals surface area contributed by atoms with Crippen molar-refractivity contribution in [2.45, 2.75) is 0 Å². The number of pyridine rings is 1. The summed E-state index contributed by atoms with van der Waals surface area (Å²) in [7, 11) is 0. The molecule has 0 amide bonds. The fourth-order valence-corrected chi connectivity index (χ4v) is 1.28. The highest BCUT2D eigenvalue weighted by molar-refractivity contribution is 5.86. The number of imidazole rings is 1. The zero-order chi connectivity index (χ0) is 8.67. The maximum absolute atomic E-state index is 4.24. The molecule has 0 saturated heterocycles. The summed E-state index contributed by atoms with van der Waals surface area (Å²) in [5.74, 6) is 0. The van der Waals surface area contributed by atoms with Gasteiger partial charge >= 0.3 is 0 Å². The number of H-pyrrole nitrogens is 1. The molecule has 0 aromatic carbocycles. The molecular formula is C8H5N5. The molecule has 3 heterocycles. The summed E-state index contributed by atoms with van der Waals surface area (Å²) in [6.07, 6.45) is 4.83. The van der Waals surface area contributed by atoms with Gasteiger partial charge in [-0.25, -0.2) is 19.9 Å². The molecule has 5 nitrogen and oxygen atoms in total. The first kappa shape index (κ1) is 6.47. The van der Waals surface area contributed by atoms with Gasteiger partial charge in [0, 0.05) is 11.6 Å². The Morgan fingerprint density at radius 1 is 1.15 bits per heavy atom. The molecular weight excluding hydrogens is 166 g/mol. The first-order chi connectivity index (χ1) is 6.43. The maximum atomic E-state index is 4.24. The fraction of sp³-hybridized carbons (Fsp3) is 0. The van der Waals surface area contributed by atoms with Gasteiger partial charge in [0.2, 0.25) is 0 Å². The molecule has 0 bridgehead atoms. The van der Waals surface area contributed by atoms with E-state index in [1.165, 1.54) is 6.33 Å². The van der Waals surface area contributed by atoms with E-state index in [0.717, 1.165) is 10.9 Å².